The minimum absolute atomic E-state index is 0.482. The van der Waals surface area contributed by atoms with Crippen molar-refractivity contribution < 1.29 is 0 Å². The molecule has 0 aliphatic rings. The number of nitrogens with one attached hydrogen (secondary N) is 3. The number of rotatable bonds is 10. The van der Waals surface area contributed by atoms with Gasteiger partial charge in [0.15, 0.2) is 0 Å². The van der Waals surface area contributed by atoms with Crippen LogP contribution in [0.4, 0.5) is 0 Å². The second kappa shape index (κ2) is 11.4. The van der Waals surface area contributed by atoms with Crippen LogP contribution in [0, 0.1) is 12.5 Å². The minimum Gasteiger partial charge on any atom is -0.386 e. The average Bonchev–Trinajstić information content (AvgIpc) is 2.34. The lowest BCUT2D eigenvalue weighted by Crippen LogP contribution is -2.28. The molecule has 3 heteroatoms. The monoisotopic (exact) mass is 261 g/mol. The first-order valence-electron chi connectivity index (χ1n) is 6.83. The lowest BCUT2D eigenvalue weighted by Gasteiger charge is -2.13. The van der Waals surface area contributed by atoms with Crippen LogP contribution in [0.2, 0.25) is 0 Å². The summed E-state index contributed by atoms with van der Waals surface area (Å²) in [5.41, 5.74) is 7.76. The number of hydrogen-bond acceptors (Lipinski definition) is 3. The summed E-state index contributed by atoms with van der Waals surface area (Å²) in [7, 11) is 0. The molecule has 0 unspecified atom stereocenters. The maximum absolute atomic E-state index is 5.05. The highest BCUT2D eigenvalue weighted by atomic mass is 15.3. The third-order valence-electron chi connectivity index (χ3n) is 2.32. The Kier molecular flexibility index (Phi) is 10.4. The second-order valence-corrected chi connectivity index (χ2v) is 4.70. The van der Waals surface area contributed by atoms with Crippen molar-refractivity contribution in [1.82, 2.24) is 16.2 Å². The molecule has 0 radical (unpaired) electrons. The van der Waals surface area contributed by atoms with E-state index in [4.69, 9.17) is 6.42 Å². The van der Waals surface area contributed by atoms with Gasteiger partial charge in [0, 0.05) is 24.3 Å². The normalized spacial score (nSPS) is 11.6. The van der Waals surface area contributed by atoms with E-state index in [9.17, 15) is 0 Å². The minimum atomic E-state index is 0.482. The smallest absolute Gasteiger partial charge is 0.0399 e. The summed E-state index contributed by atoms with van der Waals surface area (Å²) in [6.45, 7) is 11.1. The highest BCUT2D eigenvalue weighted by Crippen LogP contribution is 2.05. The van der Waals surface area contributed by atoms with Crippen LogP contribution in [0.1, 0.15) is 40.0 Å². The van der Waals surface area contributed by atoms with Gasteiger partial charge in [0.25, 0.3) is 0 Å². The molecule has 0 aliphatic carbocycles. The lowest BCUT2D eigenvalue weighted by atomic mass is 10.2. The Morgan fingerprint density at radius 2 is 2.16 bits per heavy atom. The fourth-order valence-electron chi connectivity index (χ4n) is 1.59. The largest absolute Gasteiger partial charge is 0.386 e. The zero-order chi connectivity index (χ0) is 14.5. The van der Waals surface area contributed by atoms with Gasteiger partial charge in [-0.1, -0.05) is 44.6 Å². The first kappa shape index (κ1) is 17.3. The van der Waals surface area contributed by atoms with E-state index in [0.29, 0.717) is 12.6 Å². The number of terminal acetylenes is 1. The SMILES string of the molecule is C#CNNCC(=C)/C=C\C/C=C(\CCC)NC(C)C. The molecule has 0 spiro atoms. The Balaban J connectivity index is 4.07. The summed E-state index contributed by atoms with van der Waals surface area (Å²) in [6.07, 6.45) is 14.6. The van der Waals surface area contributed by atoms with Crippen LogP contribution in [0.5, 0.6) is 0 Å². The molecule has 0 bridgehead atoms. The van der Waals surface area contributed by atoms with Gasteiger partial charge in [-0.15, -0.1) is 0 Å². The van der Waals surface area contributed by atoms with Crippen molar-refractivity contribution >= 4 is 0 Å². The fourth-order valence-corrected chi connectivity index (χ4v) is 1.59. The molecule has 3 nitrogen and oxygen atoms in total. The summed E-state index contributed by atoms with van der Waals surface area (Å²) >= 11 is 0. The molecule has 0 heterocycles. The van der Waals surface area contributed by atoms with Gasteiger partial charge in [0.2, 0.25) is 0 Å². The van der Waals surface area contributed by atoms with Gasteiger partial charge < -0.3 is 5.32 Å². The summed E-state index contributed by atoms with van der Waals surface area (Å²) in [6, 6.07) is 2.78. The van der Waals surface area contributed by atoms with E-state index in [-0.39, 0.29) is 0 Å². The molecule has 0 saturated heterocycles. The Hall–Kier alpha value is -1.66. The molecule has 0 saturated carbocycles. The lowest BCUT2D eigenvalue weighted by molar-refractivity contribution is 0.634. The Morgan fingerprint density at radius 1 is 1.42 bits per heavy atom. The van der Waals surface area contributed by atoms with Crippen LogP contribution in [0.25, 0.3) is 0 Å². The van der Waals surface area contributed by atoms with Crippen LogP contribution < -0.4 is 16.2 Å². The maximum Gasteiger partial charge on any atom is 0.0399 e. The van der Waals surface area contributed by atoms with Crippen LogP contribution in [-0.4, -0.2) is 12.6 Å². The van der Waals surface area contributed by atoms with E-state index in [0.717, 1.165) is 24.8 Å². The molecule has 0 amide bonds. The van der Waals surface area contributed by atoms with Crippen molar-refractivity contribution in [2.24, 2.45) is 0 Å². The highest BCUT2D eigenvalue weighted by molar-refractivity contribution is 5.17. The molecular formula is C16H27N3. The molecule has 106 valence electrons. The summed E-state index contributed by atoms with van der Waals surface area (Å²) in [4.78, 5) is 0. The van der Waals surface area contributed by atoms with Crippen LogP contribution in [-0.2, 0) is 0 Å². The van der Waals surface area contributed by atoms with Crippen molar-refractivity contribution in [2.45, 2.75) is 46.1 Å². The van der Waals surface area contributed by atoms with Gasteiger partial charge in [0.1, 0.15) is 0 Å². The molecule has 0 aliphatic heterocycles. The van der Waals surface area contributed by atoms with E-state index in [1.54, 1.807) is 0 Å². The van der Waals surface area contributed by atoms with Gasteiger partial charge in [-0.05, 0) is 32.3 Å². The van der Waals surface area contributed by atoms with Crippen molar-refractivity contribution in [3.8, 4) is 12.5 Å². The van der Waals surface area contributed by atoms with E-state index < -0.39 is 0 Å². The van der Waals surface area contributed by atoms with Gasteiger partial charge >= 0.3 is 0 Å². The Morgan fingerprint density at radius 3 is 2.74 bits per heavy atom. The van der Waals surface area contributed by atoms with Crippen LogP contribution in [0.3, 0.4) is 0 Å². The Bertz CT molecular complexity index is 345. The standard InChI is InChI=1S/C16H27N3/c1-6-10-16(19-14(3)4)12-9-8-11-15(5)13-18-17-7-2/h2,8,11-12,14,17-19H,5-6,9-10,13H2,1,3-4H3/b11-8-,16-12+. The van der Waals surface area contributed by atoms with Gasteiger partial charge in [-0.3, -0.25) is 5.43 Å². The zero-order valence-corrected chi connectivity index (χ0v) is 12.4. The third kappa shape index (κ3) is 11.2. The highest BCUT2D eigenvalue weighted by Gasteiger charge is 1.96. The Labute approximate surface area is 118 Å². The quantitative estimate of drug-likeness (QED) is 0.186. The van der Waals surface area contributed by atoms with Crippen molar-refractivity contribution in [3.05, 3.63) is 36.1 Å². The van der Waals surface area contributed by atoms with E-state index in [1.807, 2.05) is 6.08 Å². The molecule has 0 aromatic heterocycles. The summed E-state index contributed by atoms with van der Waals surface area (Å²) < 4.78 is 0. The van der Waals surface area contributed by atoms with Crippen molar-refractivity contribution in [1.29, 1.82) is 0 Å². The van der Waals surface area contributed by atoms with Gasteiger partial charge in [-0.2, -0.15) is 0 Å². The fraction of sp³-hybridized carbons (Fsp3) is 0.500. The second-order valence-electron chi connectivity index (χ2n) is 4.70. The predicted molar refractivity (Wildman–Crippen MR) is 84.1 cm³/mol. The van der Waals surface area contributed by atoms with Crippen LogP contribution in [0.15, 0.2) is 36.1 Å². The average molecular weight is 261 g/mol. The molecule has 0 atom stereocenters. The molecular weight excluding hydrogens is 234 g/mol. The maximum atomic E-state index is 5.05. The summed E-state index contributed by atoms with van der Waals surface area (Å²) in [5.74, 6) is 0. The van der Waals surface area contributed by atoms with Gasteiger partial charge in [0.05, 0.1) is 0 Å². The third-order valence-corrected chi connectivity index (χ3v) is 2.32. The molecule has 3 N–H and O–H groups in total. The first-order valence-corrected chi connectivity index (χ1v) is 6.83. The number of hydrogen-bond donors (Lipinski definition) is 3. The zero-order valence-electron chi connectivity index (χ0n) is 12.4. The van der Waals surface area contributed by atoms with E-state index >= 15 is 0 Å². The van der Waals surface area contributed by atoms with Crippen molar-refractivity contribution in [3.63, 3.8) is 0 Å². The van der Waals surface area contributed by atoms with Crippen molar-refractivity contribution in [2.75, 3.05) is 6.54 Å². The molecule has 0 aromatic rings. The van der Waals surface area contributed by atoms with E-state index in [2.05, 4.69) is 61.7 Å². The molecule has 0 fully saturated rings. The van der Waals surface area contributed by atoms with E-state index in [1.165, 1.54) is 5.70 Å². The number of allylic oxidation sites excluding steroid dienone is 3. The molecule has 0 rings (SSSR count). The topological polar surface area (TPSA) is 36.1 Å². The first-order chi connectivity index (χ1) is 9.10. The van der Waals surface area contributed by atoms with Crippen LogP contribution >= 0.6 is 0 Å². The molecule has 19 heavy (non-hydrogen) atoms. The predicted octanol–water partition coefficient (Wildman–Crippen LogP) is 2.86. The summed E-state index contributed by atoms with van der Waals surface area (Å²) in [5, 5.41) is 3.47. The number of hydrazine groups is 1. The molecule has 0 aromatic carbocycles. The van der Waals surface area contributed by atoms with Gasteiger partial charge in [-0.25, -0.2) is 5.43 Å².